The summed E-state index contributed by atoms with van der Waals surface area (Å²) in [4.78, 5) is 10.7. The van der Waals surface area contributed by atoms with Crippen LogP contribution in [-0.4, -0.2) is 45.5 Å². The zero-order valence-electron chi connectivity index (χ0n) is 9.00. The first kappa shape index (κ1) is 14.6. The summed E-state index contributed by atoms with van der Waals surface area (Å²) in [7, 11) is 0. The highest BCUT2D eigenvalue weighted by Gasteiger charge is 1.96. The zero-order chi connectivity index (χ0) is 12.6. The number of phenolic OH excluding ortho intramolecular Hbond substituents is 1. The number of aliphatic hydroxyl groups is 3. The van der Waals surface area contributed by atoms with Crippen LogP contribution in [0.25, 0.3) is 0 Å². The lowest BCUT2D eigenvalue weighted by molar-refractivity contribution is 0.0450. The third-order valence-corrected chi connectivity index (χ3v) is 1.70. The average Bonchev–Trinajstić information content (AvgIpc) is 2.29. The van der Waals surface area contributed by atoms with Gasteiger partial charge in [-0.05, 0) is 31.2 Å². The number of Topliss-reactive ketones (excluding diaryl/α,β-unsaturated/α-hetero) is 1. The van der Waals surface area contributed by atoms with Crippen molar-refractivity contribution in [2.75, 3.05) is 13.2 Å². The Bertz CT molecular complexity index is 303. The molecule has 4 N–H and O–H groups in total. The van der Waals surface area contributed by atoms with Crippen molar-refractivity contribution in [3.05, 3.63) is 29.8 Å². The minimum absolute atomic E-state index is 0.0139. The van der Waals surface area contributed by atoms with Gasteiger partial charge in [-0.25, -0.2) is 0 Å². The fourth-order valence-electron chi connectivity index (χ4n) is 0.754. The molecular weight excluding hydrogens is 212 g/mol. The van der Waals surface area contributed by atoms with E-state index in [-0.39, 0.29) is 24.7 Å². The fraction of sp³-hybridized carbons (Fsp3) is 0.364. The zero-order valence-corrected chi connectivity index (χ0v) is 9.00. The molecule has 0 aliphatic carbocycles. The van der Waals surface area contributed by atoms with Crippen molar-refractivity contribution in [1.29, 1.82) is 0 Å². The van der Waals surface area contributed by atoms with Gasteiger partial charge < -0.3 is 20.4 Å². The number of carbonyl (C=O) groups excluding carboxylic acids is 1. The summed E-state index contributed by atoms with van der Waals surface area (Å²) in [6.07, 6.45) is -0.954. The molecule has 0 saturated heterocycles. The quantitative estimate of drug-likeness (QED) is 0.543. The van der Waals surface area contributed by atoms with E-state index in [1.54, 1.807) is 12.1 Å². The van der Waals surface area contributed by atoms with Gasteiger partial charge in [-0.15, -0.1) is 0 Å². The second-order valence-corrected chi connectivity index (χ2v) is 3.12. The van der Waals surface area contributed by atoms with Gasteiger partial charge in [-0.2, -0.15) is 0 Å². The van der Waals surface area contributed by atoms with Crippen molar-refractivity contribution in [1.82, 2.24) is 0 Å². The van der Waals surface area contributed by atoms with E-state index >= 15 is 0 Å². The summed E-state index contributed by atoms with van der Waals surface area (Å²) < 4.78 is 0. The predicted molar refractivity (Wildman–Crippen MR) is 58.3 cm³/mol. The van der Waals surface area contributed by atoms with Crippen LogP contribution in [0.4, 0.5) is 0 Å². The van der Waals surface area contributed by atoms with Crippen LogP contribution in [0.2, 0.25) is 0 Å². The molecule has 1 aromatic rings. The van der Waals surface area contributed by atoms with Crippen LogP contribution in [0.5, 0.6) is 5.75 Å². The Morgan fingerprint density at radius 1 is 1.19 bits per heavy atom. The number of hydrogen-bond acceptors (Lipinski definition) is 5. The summed E-state index contributed by atoms with van der Waals surface area (Å²) in [6, 6.07) is 6.18. The molecule has 0 bridgehead atoms. The van der Waals surface area contributed by atoms with Gasteiger partial charge in [0, 0.05) is 5.56 Å². The minimum atomic E-state index is -0.954. The van der Waals surface area contributed by atoms with Gasteiger partial charge in [0.05, 0.1) is 13.2 Å². The first-order chi connectivity index (χ1) is 7.51. The lowest BCUT2D eigenvalue weighted by Gasteiger charge is -1.96. The number of phenols is 1. The van der Waals surface area contributed by atoms with E-state index in [2.05, 4.69) is 0 Å². The summed E-state index contributed by atoms with van der Waals surface area (Å²) in [6.45, 7) is 0.763. The van der Waals surface area contributed by atoms with Crippen LogP contribution in [0, 0.1) is 0 Å². The molecule has 90 valence electrons. The first-order valence-electron chi connectivity index (χ1n) is 4.71. The predicted octanol–water partition coefficient (Wildman–Crippen LogP) is -0.0733. The van der Waals surface area contributed by atoms with Gasteiger partial charge in [0.25, 0.3) is 0 Å². The smallest absolute Gasteiger partial charge is 0.159 e. The number of carbonyl (C=O) groups is 1. The molecule has 0 aromatic heterocycles. The Morgan fingerprint density at radius 2 is 1.62 bits per heavy atom. The minimum Gasteiger partial charge on any atom is -0.508 e. The third-order valence-electron chi connectivity index (χ3n) is 1.70. The van der Waals surface area contributed by atoms with Crippen molar-refractivity contribution in [2.24, 2.45) is 0 Å². The Balaban J connectivity index is 0.000000325. The van der Waals surface area contributed by atoms with E-state index in [4.69, 9.17) is 20.4 Å². The van der Waals surface area contributed by atoms with Crippen LogP contribution in [-0.2, 0) is 0 Å². The molecule has 5 nitrogen and oxygen atoms in total. The van der Waals surface area contributed by atoms with E-state index in [0.29, 0.717) is 5.56 Å². The normalized spacial score (nSPS) is 9.56. The number of aliphatic hydroxyl groups excluding tert-OH is 3. The Morgan fingerprint density at radius 3 is 1.88 bits per heavy atom. The maximum Gasteiger partial charge on any atom is 0.159 e. The topological polar surface area (TPSA) is 98.0 Å². The number of ketones is 1. The van der Waals surface area contributed by atoms with Crippen molar-refractivity contribution >= 4 is 5.78 Å². The molecule has 0 atom stereocenters. The Kier molecular flexibility index (Phi) is 7.11. The van der Waals surface area contributed by atoms with Gasteiger partial charge in [-0.1, -0.05) is 0 Å². The van der Waals surface area contributed by atoms with E-state index in [1.165, 1.54) is 19.1 Å². The molecule has 0 fully saturated rings. The van der Waals surface area contributed by atoms with Gasteiger partial charge in [0.1, 0.15) is 11.9 Å². The highest BCUT2D eigenvalue weighted by atomic mass is 16.3. The van der Waals surface area contributed by atoms with Crippen LogP contribution in [0.3, 0.4) is 0 Å². The number of aromatic hydroxyl groups is 1. The molecule has 0 spiro atoms. The lowest BCUT2D eigenvalue weighted by Crippen LogP contribution is -2.15. The Hall–Kier alpha value is -1.43. The van der Waals surface area contributed by atoms with Gasteiger partial charge in [0.15, 0.2) is 5.78 Å². The van der Waals surface area contributed by atoms with Crippen LogP contribution >= 0.6 is 0 Å². The fourth-order valence-corrected chi connectivity index (χ4v) is 0.754. The lowest BCUT2D eigenvalue weighted by atomic mass is 10.1. The SMILES string of the molecule is CC(=O)c1ccc(O)cc1.OCC(O)CO. The number of rotatable bonds is 3. The molecule has 1 aromatic carbocycles. The highest BCUT2D eigenvalue weighted by Crippen LogP contribution is 2.09. The molecule has 0 amide bonds. The second-order valence-electron chi connectivity index (χ2n) is 3.12. The number of benzene rings is 1. The van der Waals surface area contributed by atoms with Crippen molar-refractivity contribution < 1.29 is 25.2 Å². The molecular formula is C11H16O5. The molecule has 1 rings (SSSR count). The van der Waals surface area contributed by atoms with E-state index in [9.17, 15) is 4.79 Å². The molecule has 0 aliphatic rings. The van der Waals surface area contributed by atoms with Crippen LogP contribution in [0.15, 0.2) is 24.3 Å². The van der Waals surface area contributed by atoms with E-state index in [0.717, 1.165) is 0 Å². The number of hydrogen-bond donors (Lipinski definition) is 4. The van der Waals surface area contributed by atoms with Crippen LogP contribution < -0.4 is 0 Å². The van der Waals surface area contributed by atoms with Crippen molar-refractivity contribution in [3.8, 4) is 5.75 Å². The summed E-state index contributed by atoms with van der Waals surface area (Å²) in [5.41, 5.74) is 0.623. The largest absolute Gasteiger partial charge is 0.508 e. The third kappa shape index (κ3) is 6.13. The highest BCUT2D eigenvalue weighted by molar-refractivity contribution is 5.94. The van der Waals surface area contributed by atoms with Crippen molar-refractivity contribution in [3.63, 3.8) is 0 Å². The second kappa shape index (κ2) is 7.81. The van der Waals surface area contributed by atoms with Gasteiger partial charge in [0.2, 0.25) is 0 Å². The van der Waals surface area contributed by atoms with Gasteiger partial charge >= 0.3 is 0 Å². The molecule has 5 heteroatoms. The average molecular weight is 228 g/mol. The van der Waals surface area contributed by atoms with E-state index < -0.39 is 6.10 Å². The maximum absolute atomic E-state index is 10.7. The molecule has 0 unspecified atom stereocenters. The molecule has 0 aliphatic heterocycles. The van der Waals surface area contributed by atoms with E-state index in [1.807, 2.05) is 0 Å². The Labute approximate surface area is 93.6 Å². The van der Waals surface area contributed by atoms with Crippen LogP contribution in [0.1, 0.15) is 17.3 Å². The molecule has 0 radical (unpaired) electrons. The summed E-state index contributed by atoms with van der Waals surface area (Å²) >= 11 is 0. The summed E-state index contributed by atoms with van der Waals surface area (Å²) in [5.74, 6) is 0.199. The summed E-state index contributed by atoms with van der Waals surface area (Å²) in [5, 5.41) is 32.8. The molecule has 0 saturated carbocycles. The first-order valence-corrected chi connectivity index (χ1v) is 4.71. The standard InChI is InChI=1S/C8H8O2.C3H8O3/c1-6(9)7-2-4-8(10)5-3-7;4-1-3(6)2-5/h2-5,10H,1H3;3-6H,1-2H2. The molecule has 16 heavy (non-hydrogen) atoms. The maximum atomic E-state index is 10.7. The molecule has 0 heterocycles. The monoisotopic (exact) mass is 228 g/mol. The van der Waals surface area contributed by atoms with Gasteiger partial charge in [-0.3, -0.25) is 4.79 Å². The van der Waals surface area contributed by atoms with Crippen molar-refractivity contribution in [2.45, 2.75) is 13.0 Å².